The summed E-state index contributed by atoms with van der Waals surface area (Å²) in [6, 6.07) is 0.334. The summed E-state index contributed by atoms with van der Waals surface area (Å²) in [7, 11) is 3.88. The molecule has 1 aliphatic heterocycles. The van der Waals surface area contributed by atoms with Gasteiger partial charge >= 0.3 is 12.0 Å². The van der Waals surface area contributed by atoms with E-state index in [2.05, 4.69) is 11.9 Å². The number of hydrogen-bond donors (Lipinski definition) is 1. The summed E-state index contributed by atoms with van der Waals surface area (Å²) in [6.45, 7) is 6.08. The lowest BCUT2D eigenvalue weighted by Gasteiger charge is -2.31. The molecule has 0 aliphatic carbocycles. The summed E-state index contributed by atoms with van der Waals surface area (Å²) in [6.07, 6.45) is 2.29. The Morgan fingerprint density at radius 3 is 2.55 bits per heavy atom. The van der Waals surface area contributed by atoms with Gasteiger partial charge in [0.1, 0.15) is 0 Å². The predicted octanol–water partition coefficient (Wildman–Crippen LogP) is 1.17. The Balaban J connectivity index is 2.54. The molecule has 6 nitrogen and oxygen atoms in total. The predicted molar refractivity (Wildman–Crippen MR) is 77.7 cm³/mol. The summed E-state index contributed by atoms with van der Waals surface area (Å²) in [5.74, 6) is -1.41. The topological polar surface area (TPSA) is 64.1 Å². The quantitative estimate of drug-likeness (QED) is 0.796. The molecule has 20 heavy (non-hydrogen) atoms. The standard InChI is InChI=1S/C14H27N3O3/c1-5-17(9-11(2)13(18)19)14(20)16(4)10-12-7-6-8-15(12)3/h11-12H,5-10H2,1-4H3,(H,18,19). The van der Waals surface area contributed by atoms with Crippen LogP contribution in [0.3, 0.4) is 0 Å². The van der Waals surface area contributed by atoms with Gasteiger partial charge in [-0.2, -0.15) is 0 Å². The molecule has 2 atom stereocenters. The molecule has 0 aromatic rings. The van der Waals surface area contributed by atoms with Crippen LogP contribution in [-0.2, 0) is 4.79 Å². The average Bonchev–Trinajstić information content (AvgIpc) is 2.80. The number of amides is 2. The van der Waals surface area contributed by atoms with Crippen LogP contribution in [0.1, 0.15) is 26.7 Å². The summed E-state index contributed by atoms with van der Waals surface area (Å²) < 4.78 is 0. The monoisotopic (exact) mass is 285 g/mol. The number of rotatable bonds is 6. The van der Waals surface area contributed by atoms with E-state index >= 15 is 0 Å². The van der Waals surface area contributed by atoms with E-state index in [4.69, 9.17) is 5.11 Å². The Bertz CT molecular complexity index is 349. The summed E-state index contributed by atoms with van der Waals surface area (Å²) in [4.78, 5) is 28.9. The van der Waals surface area contributed by atoms with Gasteiger partial charge < -0.3 is 19.8 Å². The molecule has 0 bridgehead atoms. The highest BCUT2D eigenvalue weighted by molar-refractivity contribution is 5.76. The van der Waals surface area contributed by atoms with Gasteiger partial charge in [-0.1, -0.05) is 6.92 Å². The molecule has 1 rings (SSSR count). The number of likely N-dealkylation sites (tertiary alicyclic amines) is 1. The molecular weight excluding hydrogens is 258 g/mol. The lowest BCUT2D eigenvalue weighted by atomic mass is 10.1. The van der Waals surface area contributed by atoms with Crippen molar-refractivity contribution in [1.29, 1.82) is 0 Å². The molecule has 0 radical (unpaired) electrons. The van der Waals surface area contributed by atoms with Crippen molar-refractivity contribution < 1.29 is 14.7 Å². The van der Waals surface area contributed by atoms with Crippen molar-refractivity contribution in [2.75, 3.05) is 40.3 Å². The molecule has 2 amide bonds. The van der Waals surface area contributed by atoms with E-state index in [1.54, 1.807) is 23.8 Å². The number of hydrogen-bond acceptors (Lipinski definition) is 3. The van der Waals surface area contributed by atoms with Crippen LogP contribution in [0.4, 0.5) is 4.79 Å². The van der Waals surface area contributed by atoms with Crippen molar-refractivity contribution in [3.63, 3.8) is 0 Å². The van der Waals surface area contributed by atoms with Crippen LogP contribution < -0.4 is 0 Å². The molecule has 0 saturated carbocycles. The first-order valence-corrected chi connectivity index (χ1v) is 7.29. The van der Waals surface area contributed by atoms with Crippen molar-refractivity contribution in [2.24, 2.45) is 5.92 Å². The molecule has 0 spiro atoms. The van der Waals surface area contributed by atoms with Gasteiger partial charge in [0.25, 0.3) is 0 Å². The minimum absolute atomic E-state index is 0.0825. The SMILES string of the molecule is CCN(CC(C)C(=O)O)C(=O)N(C)CC1CCCN1C. The highest BCUT2D eigenvalue weighted by Gasteiger charge is 2.26. The van der Waals surface area contributed by atoms with Gasteiger partial charge in [0.2, 0.25) is 0 Å². The maximum Gasteiger partial charge on any atom is 0.319 e. The molecule has 1 aliphatic rings. The van der Waals surface area contributed by atoms with E-state index in [9.17, 15) is 9.59 Å². The fourth-order valence-electron chi connectivity index (χ4n) is 2.60. The largest absolute Gasteiger partial charge is 0.481 e. The first kappa shape index (κ1) is 16.8. The number of carboxylic acids is 1. The van der Waals surface area contributed by atoms with E-state index in [0.29, 0.717) is 19.1 Å². The zero-order valence-electron chi connectivity index (χ0n) is 13.0. The Hall–Kier alpha value is -1.30. The van der Waals surface area contributed by atoms with Crippen LogP contribution in [0, 0.1) is 5.92 Å². The van der Waals surface area contributed by atoms with Gasteiger partial charge in [0.15, 0.2) is 0 Å². The number of urea groups is 1. The zero-order chi connectivity index (χ0) is 15.3. The third-order valence-corrected chi connectivity index (χ3v) is 4.05. The fraction of sp³-hybridized carbons (Fsp3) is 0.857. The first-order chi connectivity index (χ1) is 9.36. The third-order valence-electron chi connectivity index (χ3n) is 4.05. The van der Waals surface area contributed by atoms with E-state index < -0.39 is 11.9 Å². The zero-order valence-corrected chi connectivity index (χ0v) is 13.0. The fourth-order valence-corrected chi connectivity index (χ4v) is 2.60. The van der Waals surface area contributed by atoms with E-state index in [1.807, 2.05) is 6.92 Å². The molecule has 1 saturated heterocycles. The Morgan fingerprint density at radius 1 is 1.45 bits per heavy atom. The normalized spacial score (nSPS) is 20.7. The second-order valence-electron chi connectivity index (χ2n) is 5.72. The third kappa shape index (κ3) is 4.37. The lowest BCUT2D eigenvalue weighted by molar-refractivity contribution is -0.141. The molecule has 116 valence electrons. The second-order valence-corrected chi connectivity index (χ2v) is 5.72. The summed E-state index contributed by atoms with van der Waals surface area (Å²) in [5, 5.41) is 8.95. The summed E-state index contributed by atoms with van der Waals surface area (Å²) >= 11 is 0. The molecule has 0 aromatic heterocycles. The van der Waals surface area contributed by atoms with Crippen molar-refractivity contribution in [3.8, 4) is 0 Å². The average molecular weight is 285 g/mol. The van der Waals surface area contributed by atoms with E-state index in [0.717, 1.165) is 13.0 Å². The van der Waals surface area contributed by atoms with E-state index in [-0.39, 0.29) is 12.6 Å². The Kier molecular flexibility index (Phi) is 6.26. The van der Waals surface area contributed by atoms with Gasteiger partial charge in [-0.3, -0.25) is 4.79 Å². The molecule has 0 aromatic carbocycles. The van der Waals surface area contributed by atoms with Crippen LogP contribution in [0.25, 0.3) is 0 Å². The van der Waals surface area contributed by atoms with Crippen LogP contribution in [0.2, 0.25) is 0 Å². The molecule has 1 heterocycles. The maximum atomic E-state index is 12.4. The van der Waals surface area contributed by atoms with Crippen LogP contribution in [0.15, 0.2) is 0 Å². The highest BCUT2D eigenvalue weighted by atomic mass is 16.4. The van der Waals surface area contributed by atoms with Crippen molar-refractivity contribution >= 4 is 12.0 Å². The van der Waals surface area contributed by atoms with Gasteiger partial charge in [-0.15, -0.1) is 0 Å². The minimum Gasteiger partial charge on any atom is -0.481 e. The molecule has 1 N–H and O–H groups in total. The minimum atomic E-state index is -0.866. The number of nitrogens with zero attached hydrogens (tertiary/aromatic N) is 3. The van der Waals surface area contributed by atoms with E-state index in [1.165, 1.54) is 6.42 Å². The molecule has 6 heteroatoms. The number of likely N-dealkylation sites (N-methyl/N-ethyl adjacent to an activating group) is 2. The molecule has 1 fully saturated rings. The van der Waals surface area contributed by atoms with Crippen LogP contribution in [0.5, 0.6) is 0 Å². The first-order valence-electron chi connectivity index (χ1n) is 7.29. The molecule has 2 unspecified atom stereocenters. The van der Waals surface area contributed by atoms with Crippen molar-refractivity contribution in [3.05, 3.63) is 0 Å². The second kappa shape index (κ2) is 7.47. The molecular formula is C14H27N3O3. The van der Waals surface area contributed by atoms with Crippen molar-refractivity contribution in [1.82, 2.24) is 14.7 Å². The van der Waals surface area contributed by atoms with Gasteiger partial charge in [-0.05, 0) is 33.4 Å². The number of carboxylic acid groups (broad SMARTS) is 1. The van der Waals surface area contributed by atoms with Crippen molar-refractivity contribution in [2.45, 2.75) is 32.7 Å². The van der Waals surface area contributed by atoms with Gasteiger partial charge in [0, 0.05) is 32.7 Å². The number of aliphatic carboxylic acids is 1. The van der Waals surface area contributed by atoms with Crippen LogP contribution in [-0.4, -0.2) is 78.1 Å². The summed E-state index contributed by atoms with van der Waals surface area (Å²) in [5.41, 5.74) is 0. The maximum absolute atomic E-state index is 12.4. The van der Waals surface area contributed by atoms with Crippen LogP contribution >= 0.6 is 0 Å². The van der Waals surface area contributed by atoms with Gasteiger partial charge in [0.05, 0.1) is 5.92 Å². The lowest BCUT2D eigenvalue weighted by Crippen LogP contribution is -2.47. The Morgan fingerprint density at radius 2 is 2.10 bits per heavy atom. The highest BCUT2D eigenvalue weighted by Crippen LogP contribution is 2.16. The Labute approximate surface area is 121 Å². The smallest absolute Gasteiger partial charge is 0.319 e. The number of carbonyl (C=O) groups excluding carboxylic acids is 1. The van der Waals surface area contributed by atoms with Gasteiger partial charge in [-0.25, -0.2) is 4.79 Å². The number of carbonyl (C=O) groups is 2.